The number of amides is 3. The molecule has 3 amide bonds. The van der Waals surface area contributed by atoms with Gasteiger partial charge < -0.3 is 5.32 Å². The lowest BCUT2D eigenvalue weighted by Gasteiger charge is -2.16. The van der Waals surface area contributed by atoms with Crippen molar-refractivity contribution in [2.75, 3.05) is 7.05 Å². The number of nitrogens with one attached hydrogen (secondary N) is 2. The second kappa shape index (κ2) is 8.66. The van der Waals surface area contributed by atoms with E-state index in [4.69, 9.17) is 0 Å². The minimum Gasteiger partial charge on any atom is -0.341 e. The maximum Gasteiger partial charge on any atom is 0.321 e. The van der Waals surface area contributed by atoms with Crippen molar-refractivity contribution in [1.82, 2.24) is 30.8 Å². The molecule has 3 aromatic rings. The Labute approximate surface area is 166 Å². The quantitative estimate of drug-likeness (QED) is 0.643. The molecule has 0 spiro atoms. The van der Waals surface area contributed by atoms with Gasteiger partial charge in [0.1, 0.15) is 5.25 Å². The number of carbonyl (C=O) groups excluding carboxylic acids is 2. The van der Waals surface area contributed by atoms with Crippen molar-refractivity contribution in [3.05, 3.63) is 65.2 Å². The minimum atomic E-state index is -0.699. The van der Waals surface area contributed by atoms with Crippen molar-refractivity contribution >= 4 is 23.7 Å². The summed E-state index contributed by atoms with van der Waals surface area (Å²) in [6, 6.07) is 14.5. The van der Waals surface area contributed by atoms with E-state index in [1.54, 1.807) is 4.68 Å². The summed E-state index contributed by atoms with van der Waals surface area (Å²) in [6.45, 7) is 4.04. The van der Waals surface area contributed by atoms with Crippen LogP contribution in [0.3, 0.4) is 0 Å². The van der Waals surface area contributed by atoms with Crippen LogP contribution in [0.25, 0.3) is 5.69 Å². The van der Waals surface area contributed by atoms with E-state index in [9.17, 15) is 9.59 Å². The maximum absolute atomic E-state index is 12.7. The summed E-state index contributed by atoms with van der Waals surface area (Å²) >= 11 is 1.18. The number of urea groups is 1. The van der Waals surface area contributed by atoms with Gasteiger partial charge in [0.15, 0.2) is 0 Å². The number of carbonyl (C=O) groups is 2. The first-order valence-corrected chi connectivity index (χ1v) is 9.47. The first-order valence-electron chi connectivity index (χ1n) is 8.59. The molecule has 1 aromatic heterocycles. The second-order valence-corrected chi connectivity index (χ2v) is 7.19. The summed E-state index contributed by atoms with van der Waals surface area (Å²) in [5, 5.41) is 16.4. The molecule has 0 saturated heterocycles. The van der Waals surface area contributed by atoms with Gasteiger partial charge in [0.2, 0.25) is 11.1 Å². The molecular formula is C19H20N6O2S. The second-order valence-electron chi connectivity index (χ2n) is 6.12. The first-order chi connectivity index (χ1) is 13.5. The van der Waals surface area contributed by atoms with Crippen LogP contribution in [0.4, 0.5) is 4.79 Å². The van der Waals surface area contributed by atoms with Gasteiger partial charge in [-0.25, -0.2) is 4.79 Å². The van der Waals surface area contributed by atoms with Crippen molar-refractivity contribution in [3.8, 4) is 5.69 Å². The number of tetrazole rings is 1. The lowest BCUT2D eigenvalue weighted by molar-refractivity contribution is -0.119. The molecule has 0 radical (unpaired) electrons. The Morgan fingerprint density at radius 1 is 1.07 bits per heavy atom. The predicted molar refractivity (Wildman–Crippen MR) is 106 cm³/mol. The molecule has 144 valence electrons. The van der Waals surface area contributed by atoms with Crippen LogP contribution in [0, 0.1) is 13.8 Å². The van der Waals surface area contributed by atoms with Crippen LogP contribution in [0.2, 0.25) is 0 Å². The van der Waals surface area contributed by atoms with E-state index in [1.165, 1.54) is 18.8 Å². The number of imide groups is 1. The Morgan fingerprint density at radius 3 is 2.50 bits per heavy atom. The fourth-order valence-corrected chi connectivity index (χ4v) is 3.51. The molecule has 0 fully saturated rings. The van der Waals surface area contributed by atoms with Crippen molar-refractivity contribution in [2.45, 2.75) is 24.3 Å². The Kier molecular flexibility index (Phi) is 6.05. The van der Waals surface area contributed by atoms with E-state index in [-0.39, 0.29) is 0 Å². The van der Waals surface area contributed by atoms with Crippen molar-refractivity contribution in [2.24, 2.45) is 0 Å². The summed E-state index contributed by atoms with van der Waals surface area (Å²) in [5.41, 5.74) is 3.82. The van der Waals surface area contributed by atoms with Crippen LogP contribution in [0.15, 0.2) is 53.7 Å². The molecule has 0 aliphatic rings. The predicted octanol–water partition coefficient (Wildman–Crippen LogP) is 2.57. The first kappa shape index (κ1) is 19.6. The highest BCUT2D eigenvalue weighted by molar-refractivity contribution is 8.00. The van der Waals surface area contributed by atoms with Crippen molar-refractivity contribution in [3.63, 3.8) is 0 Å². The van der Waals surface area contributed by atoms with E-state index in [0.29, 0.717) is 5.16 Å². The van der Waals surface area contributed by atoms with E-state index in [0.717, 1.165) is 22.4 Å². The number of aryl methyl sites for hydroxylation is 2. The fourth-order valence-electron chi connectivity index (χ4n) is 2.52. The Morgan fingerprint density at radius 2 is 1.82 bits per heavy atom. The monoisotopic (exact) mass is 396 g/mol. The molecule has 0 aliphatic heterocycles. The zero-order valence-corrected chi connectivity index (χ0v) is 16.5. The molecule has 9 heteroatoms. The van der Waals surface area contributed by atoms with Crippen LogP contribution in [0.5, 0.6) is 0 Å². The summed E-state index contributed by atoms with van der Waals surface area (Å²) in [4.78, 5) is 24.3. The number of thioether (sulfide) groups is 1. The number of rotatable bonds is 5. The average Bonchev–Trinajstić information content (AvgIpc) is 3.17. The summed E-state index contributed by atoms with van der Waals surface area (Å²) in [5.74, 6) is -0.454. The molecule has 0 bridgehead atoms. The minimum absolute atomic E-state index is 0.448. The number of nitrogens with zero attached hydrogens (tertiary/aromatic N) is 4. The van der Waals surface area contributed by atoms with Gasteiger partial charge in [-0.1, -0.05) is 48.2 Å². The highest BCUT2D eigenvalue weighted by Gasteiger charge is 2.26. The molecule has 0 saturated carbocycles. The highest BCUT2D eigenvalue weighted by Crippen LogP contribution is 2.35. The van der Waals surface area contributed by atoms with Gasteiger partial charge >= 0.3 is 6.03 Å². The third-order valence-corrected chi connectivity index (χ3v) is 5.39. The maximum atomic E-state index is 12.7. The summed E-state index contributed by atoms with van der Waals surface area (Å²) < 4.78 is 1.58. The molecule has 1 heterocycles. The van der Waals surface area contributed by atoms with Gasteiger partial charge in [-0.05, 0) is 53.1 Å². The molecule has 2 N–H and O–H groups in total. The van der Waals surface area contributed by atoms with Gasteiger partial charge in [-0.15, -0.1) is 5.10 Å². The highest BCUT2D eigenvalue weighted by atomic mass is 32.2. The van der Waals surface area contributed by atoms with Gasteiger partial charge in [-0.3, -0.25) is 10.1 Å². The zero-order chi connectivity index (χ0) is 20.1. The normalized spacial score (nSPS) is 11.7. The number of hydrogen-bond acceptors (Lipinski definition) is 6. The molecule has 8 nitrogen and oxygen atoms in total. The van der Waals surface area contributed by atoms with Crippen LogP contribution in [0.1, 0.15) is 21.9 Å². The fraction of sp³-hybridized carbons (Fsp3) is 0.211. The van der Waals surface area contributed by atoms with Crippen LogP contribution in [-0.2, 0) is 4.79 Å². The SMILES string of the molecule is CNC(=O)NC(=O)[C@@H](Sc1nnnn1-c1ccc(C)c(C)c1)c1ccccc1. The Bertz CT molecular complexity index is 989. The topological polar surface area (TPSA) is 102 Å². The lowest BCUT2D eigenvalue weighted by atomic mass is 10.1. The number of hydrogen-bond donors (Lipinski definition) is 2. The Hall–Kier alpha value is -3.20. The molecule has 0 aliphatic carbocycles. The number of aromatic nitrogens is 4. The van der Waals surface area contributed by atoms with Crippen LogP contribution < -0.4 is 10.6 Å². The molecule has 0 unspecified atom stereocenters. The third kappa shape index (κ3) is 4.37. The van der Waals surface area contributed by atoms with Crippen LogP contribution >= 0.6 is 11.8 Å². The third-order valence-electron chi connectivity index (χ3n) is 4.20. The largest absolute Gasteiger partial charge is 0.341 e. The number of benzene rings is 2. The van der Waals surface area contributed by atoms with Crippen molar-refractivity contribution < 1.29 is 9.59 Å². The van der Waals surface area contributed by atoms with Gasteiger partial charge in [0.25, 0.3) is 0 Å². The average molecular weight is 396 g/mol. The van der Waals surface area contributed by atoms with E-state index < -0.39 is 17.2 Å². The van der Waals surface area contributed by atoms with E-state index in [1.807, 2.05) is 62.4 Å². The zero-order valence-electron chi connectivity index (χ0n) is 15.7. The molecule has 2 aromatic carbocycles. The van der Waals surface area contributed by atoms with Gasteiger partial charge in [0.05, 0.1) is 5.69 Å². The molecule has 1 atom stereocenters. The van der Waals surface area contributed by atoms with E-state index in [2.05, 4.69) is 26.2 Å². The van der Waals surface area contributed by atoms with Gasteiger partial charge in [-0.2, -0.15) is 4.68 Å². The summed E-state index contributed by atoms with van der Waals surface area (Å²) in [6.07, 6.45) is 0. The summed E-state index contributed by atoms with van der Waals surface area (Å²) in [7, 11) is 1.45. The van der Waals surface area contributed by atoms with Crippen molar-refractivity contribution in [1.29, 1.82) is 0 Å². The van der Waals surface area contributed by atoms with Gasteiger partial charge in [0, 0.05) is 7.05 Å². The Balaban J connectivity index is 1.94. The molecule has 3 rings (SSSR count). The molecular weight excluding hydrogens is 376 g/mol. The van der Waals surface area contributed by atoms with E-state index >= 15 is 0 Å². The van der Waals surface area contributed by atoms with Crippen LogP contribution in [-0.4, -0.2) is 39.2 Å². The standard InChI is InChI=1S/C19H20N6O2S/c1-12-9-10-15(11-13(12)2)25-19(22-23-24-25)28-16(14-7-5-4-6-8-14)17(26)21-18(27)20-3/h4-11,16H,1-3H3,(H2,20,21,26,27)/t16-/m0/s1. The molecule has 28 heavy (non-hydrogen) atoms. The lowest BCUT2D eigenvalue weighted by Crippen LogP contribution is -2.39. The smallest absolute Gasteiger partial charge is 0.321 e.